The van der Waals surface area contributed by atoms with Gasteiger partial charge in [-0.15, -0.1) is 24.8 Å². The second kappa shape index (κ2) is 6.83. The lowest BCUT2D eigenvalue weighted by molar-refractivity contribution is 0.479. The number of fused-ring (bicyclic) bond motifs is 1. The Labute approximate surface area is 119 Å². The van der Waals surface area contributed by atoms with Crippen LogP contribution in [0.5, 0.6) is 0 Å². The third-order valence-electron chi connectivity index (χ3n) is 3.18. The first-order chi connectivity index (χ1) is 7.93. The van der Waals surface area contributed by atoms with Crippen LogP contribution in [0, 0.1) is 0 Å². The average molecular weight is 289 g/mol. The number of piperidine rings is 1. The number of nitrogens with zero attached hydrogens (tertiary/aromatic N) is 1. The molecule has 1 fully saturated rings. The molecule has 0 saturated carbocycles. The van der Waals surface area contributed by atoms with Gasteiger partial charge in [0, 0.05) is 17.1 Å². The molecule has 0 unspecified atom stereocenters. The molecule has 1 aromatic heterocycles. The second-order valence-electron chi connectivity index (χ2n) is 4.31. The van der Waals surface area contributed by atoms with E-state index in [0.29, 0.717) is 6.04 Å². The number of H-pyrrole nitrogens is 1. The summed E-state index contributed by atoms with van der Waals surface area (Å²) in [5.74, 6) is 0. The molecule has 6 heteroatoms. The molecule has 18 heavy (non-hydrogen) atoms. The van der Waals surface area contributed by atoms with E-state index in [1.165, 1.54) is 23.9 Å². The van der Waals surface area contributed by atoms with Crippen molar-refractivity contribution in [3.8, 4) is 0 Å². The number of hydrogen-bond acceptors (Lipinski definition) is 3. The Kier molecular flexibility index (Phi) is 5.72. The zero-order valence-electron chi connectivity index (χ0n) is 9.98. The molecule has 100 valence electrons. The van der Waals surface area contributed by atoms with Crippen LogP contribution in [-0.2, 0) is 0 Å². The lowest BCUT2D eigenvalue weighted by Gasteiger charge is -2.24. The summed E-state index contributed by atoms with van der Waals surface area (Å²) in [5, 5.41) is 15.2. The first-order valence-electron chi connectivity index (χ1n) is 5.83. The smallest absolute Gasteiger partial charge is 0.0671 e. The van der Waals surface area contributed by atoms with E-state index in [1.54, 1.807) is 0 Å². The van der Waals surface area contributed by atoms with Crippen LogP contribution in [0.4, 0.5) is 5.69 Å². The van der Waals surface area contributed by atoms with Crippen molar-refractivity contribution in [3.63, 3.8) is 0 Å². The third-order valence-corrected chi connectivity index (χ3v) is 3.18. The quantitative estimate of drug-likeness (QED) is 0.796. The number of benzene rings is 1. The van der Waals surface area contributed by atoms with Gasteiger partial charge in [-0.05, 0) is 38.1 Å². The molecule has 4 nitrogen and oxygen atoms in total. The molecule has 0 amide bonds. The van der Waals surface area contributed by atoms with Crippen LogP contribution in [0.1, 0.15) is 12.8 Å². The summed E-state index contributed by atoms with van der Waals surface area (Å²) >= 11 is 0. The van der Waals surface area contributed by atoms with Crippen LogP contribution in [0.3, 0.4) is 0 Å². The molecular formula is C12H18Cl2N4. The van der Waals surface area contributed by atoms with Gasteiger partial charge in [0.1, 0.15) is 0 Å². The SMILES string of the molecule is Cl.Cl.c1cc(NC2CCNCC2)c2cn[nH]c2c1. The molecule has 1 aromatic carbocycles. The molecule has 2 heterocycles. The summed E-state index contributed by atoms with van der Waals surface area (Å²) in [7, 11) is 0. The molecule has 0 radical (unpaired) electrons. The summed E-state index contributed by atoms with van der Waals surface area (Å²) in [5.41, 5.74) is 2.29. The normalized spacial score (nSPS) is 15.8. The van der Waals surface area contributed by atoms with E-state index >= 15 is 0 Å². The van der Waals surface area contributed by atoms with E-state index in [9.17, 15) is 0 Å². The van der Waals surface area contributed by atoms with Crippen molar-refractivity contribution >= 4 is 41.4 Å². The molecule has 0 atom stereocenters. The van der Waals surface area contributed by atoms with Gasteiger partial charge in [-0.3, -0.25) is 5.10 Å². The zero-order chi connectivity index (χ0) is 10.8. The standard InChI is InChI=1S/C12H16N4.2ClH/c1-2-11(10-8-14-16-12(10)3-1)15-9-4-6-13-7-5-9;;/h1-3,8-9,13,15H,4-7H2,(H,14,16);2*1H. The van der Waals surface area contributed by atoms with E-state index in [-0.39, 0.29) is 24.8 Å². The minimum absolute atomic E-state index is 0. The van der Waals surface area contributed by atoms with E-state index in [2.05, 4.69) is 39.0 Å². The lowest BCUT2D eigenvalue weighted by atomic mass is 10.1. The van der Waals surface area contributed by atoms with Gasteiger partial charge < -0.3 is 10.6 Å². The monoisotopic (exact) mass is 288 g/mol. The van der Waals surface area contributed by atoms with Crippen molar-refractivity contribution in [2.24, 2.45) is 0 Å². The largest absolute Gasteiger partial charge is 0.382 e. The fourth-order valence-electron chi connectivity index (χ4n) is 2.28. The van der Waals surface area contributed by atoms with Crippen molar-refractivity contribution in [1.29, 1.82) is 0 Å². The van der Waals surface area contributed by atoms with Crippen molar-refractivity contribution in [2.45, 2.75) is 18.9 Å². The Balaban J connectivity index is 0.000000810. The van der Waals surface area contributed by atoms with E-state index < -0.39 is 0 Å². The van der Waals surface area contributed by atoms with E-state index in [4.69, 9.17) is 0 Å². The van der Waals surface area contributed by atoms with Crippen LogP contribution in [-0.4, -0.2) is 29.3 Å². The highest BCUT2D eigenvalue weighted by Gasteiger charge is 2.13. The summed E-state index contributed by atoms with van der Waals surface area (Å²) in [6.07, 6.45) is 4.27. The van der Waals surface area contributed by atoms with E-state index in [0.717, 1.165) is 18.6 Å². The first-order valence-corrected chi connectivity index (χ1v) is 5.83. The topological polar surface area (TPSA) is 52.7 Å². The van der Waals surface area contributed by atoms with Crippen LogP contribution in [0.25, 0.3) is 10.9 Å². The minimum atomic E-state index is 0. The maximum absolute atomic E-state index is 4.08. The van der Waals surface area contributed by atoms with Crippen LogP contribution in [0.15, 0.2) is 24.4 Å². The van der Waals surface area contributed by atoms with Gasteiger partial charge in [-0.2, -0.15) is 5.10 Å². The number of aromatic amines is 1. The lowest BCUT2D eigenvalue weighted by Crippen LogP contribution is -2.35. The Hall–Kier alpha value is -0.970. The minimum Gasteiger partial charge on any atom is -0.382 e. The fraction of sp³-hybridized carbons (Fsp3) is 0.417. The Morgan fingerprint density at radius 1 is 1.17 bits per heavy atom. The zero-order valence-corrected chi connectivity index (χ0v) is 11.6. The van der Waals surface area contributed by atoms with Crippen LogP contribution < -0.4 is 10.6 Å². The fourth-order valence-corrected chi connectivity index (χ4v) is 2.28. The number of rotatable bonds is 2. The number of nitrogens with one attached hydrogen (secondary N) is 3. The number of hydrogen-bond donors (Lipinski definition) is 3. The highest BCUT2D eigenvalue weighted by molar-refractivity contribution is 5.90. The summed E-state index contributed by atoms with van der Waals surface area (Å²) < 4.78 is 0. The summed E-state index contributed by atoms with van der Waals surface area (Å²) in [6, 6.07) is 6.82. The predicted octanol–water partition coefficient (Wildman–Crippen LogP) is 2.57. The summed E-state index contributed by atoms with van der Waals surface area (Å²) in [6.45, 7) is 2.22. The van der Waals surface area contributed by atoms with Crippen molar-refractivity contribution < 1.29 is 0 Å². The Morgan fingerprint density at radius 3 is 2.72 bits per heavy atom. The maximum atomic E-state index is 4.08. The number of aromatic nitrogens is 2. The van der Waals surface area contributed by atoms with E-state index in [1.807, 2.05) is 6.20 Å². The van der Waals surface area contributed by atoms with Crippen LogP contribution >= 0.6 is 24.8 Å². The van der Waals surface area contributed by atoms with Crippen molar-refractivity contribution in [3.05, 3.63) is 24.4 Å². The number of anilines is 1. The van der Waals surface area contributed by atoms with Gasteiger partial charge >= 0.3 is 0 Å². The molecule has 1 saturated heterocycles. The summed E-state index contributed by atoms with van der Waals surface area (Å²) in [4.78, 5) is 0. The molecule has 2 aromatic rings. The van der Waals surface area contributed by atoms with Gasteiger partial charge in [-0.25, -0.2) is 0 Å². The van der Waals surface area contributed by atoms with Gasteiger partial charge in [0.25, 0.3) is 0 Å². The van der Waals surface area contributed by atoms with Gasteiger partial charge in [0.15, 0.2) is 0 Å². The molecule has 0 bridgehead atoms. The molecule has 0 spiro atoms. The molecule has 0 aliphatic carbocycles. The maximum Gasteiger partial charge on any atom is 0.0671 e. The van der Waals surface area contributed by atoms with Gasteiger partial charge in [0.2, 0.25) is 0 Å². The highest BCUT2D eigenvalue weighted by atomic mass is 35.5. The Bertz CT molecular complexity index is 480. The Morgan fingerprint density at radius 2 is 1.94 bits per heavy atom. The molecule has 1 aliphatic rings. The molecular weight excluding hydrogens is 271 g/mol. The average Bonchev–Trinajstić information content (AvgIpc) is 2.80. The van der Waals surface area contributed by atoms with Crippen molar-refractivity contribution in [2.75, 3.05) is 18.4 Å². The molecule has 1 aliphatic heterocycles. The number of halogens is 2. The highest BCUT2D eigenvalue weighted by Crippen LogP contribution is 2.23. The first kappa shape index (κ1) is 15.1. The molecule has 3 rings (SSSR count). The van der Waals surface area contributed by atoms with Crippen molar-refractivity contribution in [1.82, 2.24) is 15.5 Å². The third kappa shape index (κ3) is 3.07. The van der Waals surface area contributed by atoms with Crippen LogP contribution in [0.2, 0.25) is 0 Å². The second-order valence-corrected chi connectivity index (χ2v) is 4.31. The molecule has 3 N–H and O–H groups in total. The van der Waals surface area contributed by atoms with Gasteiger partial charge in [0.05, 0.1) is 11.7 Å². The predicted molar refractivity (Wildman–Crippen MR) is 80.1 cm³/mol. The van der Waals surface area contributed by atoms with Gasteiger partial charge in [-0.1, -0.05) is 6.07 Å².